The molecular weight excluding hydrogens is 580 g/mol. The maximum Gasteiger partial charge on any atom is 0.306 e. The van der Waals surface area contributed by atoms with Gasteiger partial charge in [0.25, 0.3) is 0 Å². The summed E-state index contributed by atoms with van der Waals surface area (Å²) in [6, 6.07) is 0. The van der Waals surface area contributed by atoms with Crippen LogP contribution in [-0.2, 0) is 14.3 Å². The van der Waals surface area contributed by atoms with E-state index < -0.39 is 6.10 Å². The molecule has 0 fully saturated rings. The molecule has 0 saturated carbocycles. The highest BCUT2D eigenvalue weighted by Crippen LogP contribution is 2.13. The maximum absolute atomic E-state index is 12.2. The van der Waals surface area contributed by atoms with Gasteiger partial charge >= 0.3 is 5.97 Å². The number of hydrogen-bond acceptors (Lipinski definition) is 4. The van der Waals surface area contributed by atoms with Gasteiger partial charge in [-0.1, -0.05) is 177 Å². The molecule has 0 heterocycles. The molecule has 272 valence electrons. The Hall–Kier alpha value is -1.91. The Bertz CT molecular complexity index is 779. The number of hydrogen-bond donors (Lipinski definition) is 1. The minimum atomic E-state index is -0.544. The molecule has 1 unspecified atom stereocenters. The molecule has 0 radical (unpaired) electrons. The van der Waals surface area contributed by atoms with Crippen molar-refractivity contribution in [3.8, 4) is 0 Å². The van der Waals surface area contributed by atoms with E-state index in [4.69, 9.17) is 9.47 Å². The first-order chi connectivity index (χ1) is 23.2. The van der Waals surface area contributed by atoms with Crippen molar-refractivity contribution in [1.29, 1.82) is 0 Å². The van der Waals surface area contributed by atoms with Crippen molar-refractivity contribution < 1.29 is 19.4 Å². The minimum Gasteiger partial charge on any atom is -0.457 e. The molecule has 0 aliphatic carbocycles. The summed E-state index contributed by atoms with van der Waals surface area (Å²) in [4.78, 5) is 12.2. The van der Waals surface area contributed by atoms with Gasteiger partial charge < -0.3 is 14.6 Å². The van der Waals surface area contributed by atoms with Crippen LogP contribution in [0.1, 0.15) is 181 Å². The largest absolute Gasteiger partial charge is 0.457 e. The predicted octanol–water partition coefficient (Wildman–Crippen LogP) is 12.9. The van der Waals surface area contributed by atoms with Gasteiger partial charge in [-0.15, -0.1) is 0 Å². The van der Waals surface area contributed by atoms with Gasteiger partial charge in [-0.2, -0.15) is 0 Å². The van der Waals surface area contributed by atoms with Crippen LogP contribution < -0.4 is 0 Å². The summed E-state index contributed by atoms with van der Waals surface area (Å²) in [5, 5.41) is 9.57. The molecule has 47 heavy (non-hydrogen) atoms. The van der Waals surface area contributed by atoms with Crippen molar-refractivity contribution in [1.82, 2.24) is 0 Å². The molecule has 0 aromatic carbocycles. The van der Waals surface area contributed by atoms with Crippen molar-refractivity contribution in [3.63, 3.8) is 0 Å². The summed E-state index contributed by atoms with van der Waals surface area (Å²) < 4.78 is 11.1. The number of unbranched alkanes of at least 4 members (excludes halogenated alkanes) is 18. The Morgan fingerprint density at radius 2 is 0.957 bits per heavy atom. The fourth-order valence-corrected chi connectivity index (χ4v) is 5.41. The molecule has 1 N–H and O–H groups in total. The summed E-state index contributed by atoms with van der Waals surface area (Å²) >= 11 is 0. The van der Waals surface area contributed by atoms with Crippen LogP contribution in [0.25, 0.3) is 0 Å². The predicted molar refractivity (Wildman–Crippen MR) is 205 cm³/mol. The number of carbonyl (C=O) groups is 1. The molecule has 0 aromatic rings. The Morgan fingerprint density at radius 1 is 0.532 bits per heavy atom. The van der Waals surface area contributed by atoms with Crippen molar-refractivity contribution in [2.24, 2.45) is 0 Å². The molecule has 0 saturated heterocycles. The third-order valence-corrected chi connectivity index (χ3v) is 8.36. The zero-order valence-electron chi connectivity index (χ0n) is 31.0. The third kappa shape index (κ3) is 38.4. The Labute approximate surface area is 292 Å². The van der Waals surface area contributed by atoms with Gasteiger partial charge in [0.05, 0.1) is 13.2 Å². The monoisotopic (exact) mass is 657 g/mol. The normalized spacial score (nSPS) is 13.0. The summed E-state index contributed by atoms with van der Waals surface area (Å²) in [6.45, 7) is 5.22. The summed E-state index contributed by atoms with van der Waals surface area (Å²) in [5.41, 5.74) is 0. The molecule has 0 amide bonds. The second kappa shape index (κ2) is 40.3. The lowest BCUT2D eigenvalue weighted by Crippen LogP contribution is -2.27. The second-order valence-electron chi connectivity index (χ2n) is 13.0. The highest BCUT2D eigenvalue weighted by molar-refractivity contribution is 5.69. The molecule has 0 aromatic heterocycles. The molecule has 1 atom stereocenters. The average Bonchev–Trinajstić information content (AvgIpc) is 3.08. The van der Waals surface area contributed by atoms with E-state index in [1.54, 1.807) is 0 Å². The van der Waals surface area contributed by atoms with Crippen LogP contribution >= 0.6 is 0 Å². The molecule has 4 heteroatoms. The summed E-state index contributed by atoms with van der Waals surface area (Å²) in [5.74, 6) is -0.220. The first-order valence-electron chi connectivity index (χ1n) is 19.9. The van der Waals surface area contributed by atoms with Crippen LogP contribution in [-0.4, -0.2) is 37.0 Å². The van der Waals surface area contributed by atoms with E-state index in [0.29, 0.717) is 13.0 Å². The molecule has 0 rings (SSSR count). The van der Waals surface area contributed by atoms with Crippen LogP contribution in [0.5, 0.6) is 0 Å². The van der Waals surface area contributed by atoms with E-state index in [1.165, 1.54) is 96.3 Å². The highest BCUT2D eigenvalue weighted by Gasteiger charge is 2.13. The molecule has 0 bridgehead atoms. The lowest BCUT2D eigenvalue weighted by atomic mass is 10.0. The maximum atomic E-state index is 12.2. The smallest absolute Gasteiger partial charge is 0.306 e. The van der Waals surface area contributed by atoms with E-state index in [0.717, 1.165) is 64.2 Å². The summed E-state index contributed by atoms with van der Waals surface area (Å²) in [6.07, 6.45) is 52.6. The number of carbonyl (C=O) groups excluding carboxylic acids is 1. The highest BCUT2D eigenvalue weighted by atomic mass is 16.6. The van der Waals surface area contributed by atoms with Gasteiger partial charge in [-0.25, -0.2) is 0 Å². The molecular formula is C43H76O4. The lowest BCUT2D eigenvalue weighted by molar-refractivity contribution is -0.154. The molecule has 0 aliphatic rings. The SMILES string of the molecule is CC/C=C\C/C=C\C/C=C\C/C=C\C/C=C\CCCCCCCC(=O)OC(CO)COCCCCCCCCCCCCCCCC. The minimum absolute atomic E-state index is 0.180. The van der Waals surface area contributed by atoms with E-state index in [1.807, 2.05) is 0 Å². The van der Waals surface area contributed by atoms with Gasteiger partial charge in [0, 0.05) is 13.0 Å². The van der Waals surface area contributed by atoms with Crippen LogP contribution in [0.4, 0.5) is 0 Å². The Kier molecular flexibility index (Phi) is 38.6. The number of rotatable bonds is 36. The lowest BCUT2D eigenvalue weighted by Gasteiger charge is -2.15. The average molecular weight is 657 g/mol. The summed E-state index contributed by atoms with van der Waals surface area (Å²) in [7, 11) is 0. The van der Waals surface area contributed by atoms with E-state index in [2.05, 4.69) is 74.6 Å². The van der Waals surface area contributed by atoms with E-state index in [-0.39, 0.29) is 19.2 Å². The third-order valence-electron chi connectivity index (χ3n) is 8.36. The zero-order valence-corrected chi connectivity index (χ0v) is 31.0. The number of esters is 1. The van der Waals surface area contributed by atoms with Crippen molar-refractivity contribution in [3.05, 3.63) is 60.8 Å². The second-order valence-corrected chi connectivity index (χ2v) is 13.0. The van der Waals surface area contributed by atoms with Gasteiger partial charge in [-0.05, 0) is 57.8 Å². The fourth-order valence-electron chi connectivity index (χ4n) is 5.41. The van der Waals surface area contributed by atoms with Crippen LogP contribution in [0, 0.1) is 0 Å². The van der Waals surface area contributed by atoms with Gasteiger partial charge in [0.15, 0.2) is 0 Å². The first kappa shape index (κ1) is 45.1. The van der Waals surface area contributed by atoms with Crippen LogP contribution in [0.3, 0.4) is 0 Å². The number of aliphatic hydroxyl groups excluding tert-OH is 1. The van der Waals surface area contributed by atoms with Crippen molar-refractivity contribution >= 4 is 5.97 Å². The van der Waals surface area contributed by atoms with Gasteiger partial charge in [-0.3, -0.25) is 4.79 Å². The van der Waals surface area contributed by atoms with Crippen molar-refractivity contribution in [2.45, 2.75) is 187 Å². The topological polar surface area (TPSA) is 55.8 Å². The van der Waals surface area contributed by atoms with Crippen molar-refractivity contribution in [2.75, 3.05) is 19.8 Å². The van der Waals surface area contributed by atoms with E-state index in [9.17, 15) is 9.90 Å². The van der Waals surface area contributed by atoms with Crippen LogP contribution in [0.15, 0.2) is 60.8 Å². The van der Waals surface area contributed by atoms with Gasteiger partial charge in [0.2, 0.25) is 0 Å². The number of aliphatic hydroxyl groups is 1. The number of ether oxygens (including phenoxy) is 2. The molecule has 0 aliphatic heterocycles. The Morgan fingerprint density at radius 3 is 1.45 bits per heavy atom. The zero-order chi connectivity index (χ0) is 34.1. The quantitative estimate of drug-likeness (QED) is 0.0414. The molecule has 0 spiro atoms. The Balaban J connectivity index is 3.51. The standard InChI is InChI=1S/C43H76O4/c1-3-5-7-9-11-13-15-17-19-20-21-22-23-24-25-26-28-30-32-34-36-38-43(45)47-42(40-44)41-46-39-37-35-33-31-29-27-18-16-14-12-10-8-6-4-2/h5,7,11,13,17,19,21-22,24-25,42,44H,3-4,6,8-10,12,14-16,18,20,23,26-41H2,1-2H3/b7-5-,13-11-,19-17-,22-21-,25-24-. The number of allylic oxidation sites excluding steroid dienone is 10. The van der Waals surface area contributed by atoms with Crippen LogP contribution in [0.2, 0.25) is 0 Å². The van der Waals surface area contributed by atoms with Gasteiger partial charge in [0.1, 0.15) is 6.10 Å². The molecule has 4 nitrogen and oxygen atoms in total. The first-order valence-corrected chi connectivity index (χ1v) is 19.9. The fraction of sp³-hybridized carbons (Fsp3) is 0.744. The van der Waals surface area contributed by atoms with E-state index >= 15 is 0 Å².